The molecule has 0 aromatic heterocycles. The van der Waals surface area contributed by atoms with Crippen LogP contribution < -0.4 is 77.6 Å². The van der Waals surface area contributed by atoms with E-state index < -0.39 is 0 Å². The van der Waals surface area contributed by atoms with Gasteiger partial charge in [-0.1, -0.05) is 249 Å². The number of benzene rings is 15. The van der Waals surface area contributed by atoms with Crippen LogP contribution in [-0.4, -0.2) is 20.1 Å². The van der Waals surface area contributed by atoms with Gasteiger partial charge in [0.2, 0.25) is 0 Å². The van der Waals surface area contributed by atoms with Crippen LogP contribution in [0.25, 0.3) is 66.8 Å². The number of para-hydroxylation sites is 3. The number of fused-ring (bicyclic) bond motifs is 12. The van der Waals surface area contributed by atoms with E-state index in [9.17, 15) is 0 Å². The van der Waals surface area contributed by atoms with Crippen molar-refractivity contribution in [2.75, 3.05) is 0 Å². The third-order valence-electron chi connectivity index (χ3n) is 21.2. The summed E-state index contributed by atoms with van der Waals surface area (Å²) < 4.78 is 39.2. The van der Waals surface area contributed by atoms with Crippen molar-refractivity contribution in [2.24, 2.45) is 0 Å². The average Bonchev–Trinajstić information content (AvgIpc) is 0.734. The molecule has 0 amide bonds. The van der Waals surface area contributed by atoms with Crippen LogP contribution in [0.4, 0.5) is 0 Å². The van der Waals surface area contributed by atoms with Gasteiger partial charge in [-0.05, 0) is 222 Å². The van der Waals surface area contributed by atoms with Gasteiger partial charge in [-0.2, -0.15) is 0 Å². The van der Waals surface area contributed by atoms with Crippen LogP contribution in [0.15, 0.2) is 322 Å². The molecule has 6 aliphatic heterocycles. The molecule has 9 heteroatoms. The van der Waals surface area contributed by atoms with Gasteiger partial charge in [0.25, 0.3) is 20.1 Å². The summed E-state index contributed by atoms with van der Waals surface area (Å²) in [5.74, 6) is 10.7. The molecule has 0 bridgehead atoms. The Morgan fingerprint density at radius 1 is 0.165 bits per heavy atom. The number of hydrogen-bond donors (Lipinski definition) is 0. The number of hydrogen-bond acceptors (Lipinski definition) is 6. The lowest BCUT2D eigenvalue weighted by Gasteiger charge is -2.33. The van der Waals surface area contributed by atoms with Crippen LogP contribution in [0.1, 0.15) is 22.3 Å². The molecule has 0 N–H and O–H groups in total. The fourth-order valence-corrected chi connectivity index (χ4v) is 16.2. The number of rotatable bonds is 6. The highest BCUT2D eigenvalue weighted by molar-refractivity contribution is 6.99. The first-order chi connectivity index (χ1) is 50.7. The maximum absolute atomic E-state index is 6.66. The first-order valence-corrected chi connectivity index (χ1v) is 35.3. The lowest BCUT2D eigenvalue weighted by atomic mass is 9.34. The van der Waals surface area contributed by atoms with E-state index in [0.717, 1.165) is 108 Å². The van der Waals surface area contributed by atoms with Gasteiger partial charge in [0, 0.05) is 16.4 Å². The summed E-state index contributed by atoms with van der Waals surface area (Å²) in [5, 5.41) is 0. The smallest absolute Gasteiger partial charge is 0.260 e. The van der Waals surface area contributed by atoms with Gasteiger partial charge >= 0.3 is 0 Å². The first kappa shape index (κ1) is 61.4. The molecule has 0 saturated carbocycles. The van der Waals surface area contributed by atoms with Gasteiger partial charge in [-0.3, -0.25) is 0 Å². The Hall–Kier alpha value is -12.7. The SMILES string of the molecule is Cc1ccccc1-c1cc2c3c(c1)Oc1ccc(-c4ccccc4)cc1B3c1ccccc1O2.Cc1ccccc1-c1ccc2c(c1)B1c3ccccc3Oc3cc(-c4ccccc4)cc(c31)O2.Cc1ccccc1-c1ccc2c(c1)Oc1cc(-c3ccccc3C)cc3c1B2c1ccccc1O3. The monoisotopic (exact) mass is 1320 g/mol. The maximum atomic E-state index is 6.66. The summed E-state index contributed by atoms with van der Waals surface area (Å²) in [5.41, 5.74) is 29.4. The van der Waals surface area contributed by atoms with Crippen molar-refractivity contribution < 1.29 is 28.4 Å². The Morgan fingerprint density at radius 3 is 0.835 bits per heavy atom. The molecule has 0 unspecified atom stereocenters. The highest BCUT2D eigenvalue weighted by Gasteiger charge is 2.44. The van der Waals surface area contributed by atoms with Gasteiger partial charge < -0.3 is 28.4 Å². The molecule has 0 atom stereocenters. The molecular weight excluding hydrogens is 1260 g/mol. The van der Waals surface area contributed by atoms with Gasteiger partial charge in [0.15, 0.2) is 0 Å². The molecular formula is C94H65B3O6. The maximum Gasteiger partial charge on any atom is 0.260 e. The highest BCUT2D eigenvalue weighted by Crippen LogP contribution is 2.44. The van der Waals surface area contributed by atoms with Crippen LogP contribution in [0.5, 0.6) is 69.0 Å². The predicted molar refractivity (Wildman–Crippen MR) is 424 cm³/mol. The van der Waals surface area contributed by atoms with E-state index in [4.69, 9.17) is 28.4 Å². The first-order valence-electron chi connectivity index (χ1n) is 35.3. The van der Waals surface area contributed by atoms with Crippen molar-refractivity contribution in [3.8, 4) is 136 Å². The quantitative estimate of drug-likeness (QED) is 0.155. The fraction of sp³-hybridized carbons (Fsp3) is 0.0426. The van der Waals surface area contributed by atoms with E-state index in [-0.39, 0.29) is 20.1 Å². The molecule has 21 rings (SSSR count). The van der Waals surface area contributed by atoms with Crippen molar-refractivity contribution in [1.82, 2.24) is 0 Å². The molecule has 15 aromatic carbocycles. The largest absolute Gasteiger partial charge is 0.458 e. The second-order valence-electron chi connectivity index (χ2n) is 27.4. The van der Waals surface area contributed by atoms with Crippen molar-refractivity contribution in [1.29, 1.82) is 0 Å². The number of aryl methyl sites for hydroxylation is 4. The minimum absolute atomic E-state index is 0.0625. The van der Waals surface area contributed by atoms with Gasteiger partial charge in [0.1, 0.15) is 69.0 Å². The molecule has 15 aromatic rings. The summed E-state index contributed by atoms with van der Waals surface area (Å²) in [7, 11) is 0. The van der Waals surface area contributed by atoms with Crippen molar-refractivity contribution in [2.45, 2.75) is 27.7 Å². The molecule has 103 heavy (non-hydrogen) atoms. The molecule has 486 valence electrons. The molecule has 0 fully saturated rings. The molecule has 6 aliphatic rings. The van der Waals surface area contributed by atoms with Crippen LogP contribution in [0.2, 0.25) is 0 Å². The molecule has 0 saturated heterocycles. The van der Waals surface area contributed by atoms with Gasteiger partial charge in [0.05, 0.1) is 0 Å². The summed E-state index contributed by atoms with van der Waals surface area (Å²) in [6.07, 6.45) is 0. The zero-order valence-electron chi connectivity index (χ0n) is 57.3. The minimum atomic E-state index is 0.0625. The third kappa shape index (κ3) is 10.8. The minimum Gasteiger partial charge on any atom is -0.458 e. The topological polar surface area (TPSA) is 55.4 Å². The van der Waals surface area contributed by atoms with E-state index in [1.165, 1.54) is 99.5 Å². The van der Waals surface area contributed by atoms with Crippen molar-refractivity contribution in [3.05, 3.63) is 344 Å². The lowest BCUT2D eigenvalue weighted by Crippen LogP contribution is -2.57. The zero-order chi connectivity index (χ0) is 68.8. The molecule has 0 radical (unpaired) electrons. The second-order valence-corrected chi connectivity index (χ2v) is 27.4. The second kappa shape index (κ2) is 25.2. The fourth-order valence-electron chi connectivity index (χ4n) is 16.2. The van der Waals surface area contributed by atoms with E-state index >= 15 is 0 Å². The Morgan fingerprint density at radius 2 is 0.427 bits per heavy atom. The Kier molecular flexibility index (Phi) is 15.0. The Bertz CT molecular complexity index is 5890. The zero-order valence-corrected chi connectivity index (χ0v) is 57.3. The van der Waals surface area contributed by atoms with Crippen LogP contribution in [0, 0.1) is 27.7 Å². The number of ether oxygens (including phenoxy) is 6. The predicted octanol–water partition coefficient (Wildman–Crippen LogP) is 18.5. The third-order valence-corrected chi connectivity index (χ3v) is 21.2. The van der Waals surface area contributed by atoms with Crippen LogP contribution in [-0.2, 0) is 0 Å². The van der Waals surface area contributed by atoms with E-state index in [2.05, 4.69) is 319 Å². The average molecular weight is 1320 g/mol. The molecule has 6 nitrogen and oxygen atoms in total. The molecule has 6 heterocycles. The molecule has 0 aliphatic carbocycles. The normalized spacial score (nSPS) is 12.7. The lowest BCUT2D eigenvalue weighted by molar-refractivity contribution is 0.464. The Balaban J connectivity index is 0.000000107. The van der Waals surface area contributed by atoms with Gasteiger partial charge in [-0.15, -0.1) is 0 Å². The summed E-state index contributed by atoms with van der Waals surface area (Å²) in [6, 6.07) is 113. The van der Waals surface area contributed by atoms with Gasteiger partial charge in [-0.25, -0.2) is 0 Å². The Labute approximate surface area is 601 Å². The van der Waals surface area contributed by atoms with E-state index in [0.29, 0.717) is 0 Å². The van der Waals surface area contributed by atoms with Crippen molar-refractivity contribution >= 4 is 69.3 Å². The van der Waals surface area contributed by atoms with Crippen molar-refractivity contribution in [3.63, 3.8) is 0 Å². The molecule has 0 spiro atoms. The van der Waals surface area contributed by atoms with E-state index in [1.54, 1.807) is 0 Å². The summed E-state index contributed by atoms with van der Waals surface area (Å²) in [4.78, 5) is 0. The summed E-state index contributed by atoms with van der Waals surface area (Å²) in [6.45, 7) is 8.80. The van der Waals surface area contributed by atoms with E-state index in [1.807, 2.05) is 30.3 Å². The summed E-state index contributed by atoms with van der Waals surface area (Å²) >= 11 is 0. The van der Waals surface area contributed by atoms with Crippen LogP contribution in [0.3, 0.4) is 0 Å². The van der Waals surface area contributed by atoms with Crippen LogP contribution >= 0.6 is 0 Å². The standard InChI is InChI=1S/C32H23BO2.2C31H21BO2/c1-20-9-3-5-11-24(20)22-15-16-27-29(17-22)35-31-19-23(25-12-6-4-10-21(25)2)18-30-32(31)33(27)26-13-7-8-14-28(26)34-30;1-20-9-5-6-12-24(20)22-15-16-28-26(17-22)32-25-13-7-8-14-27(25)33-29-18-23(19-30(34-28)31(29)32)21-10-3-2-4-11-21;1-20-9-5-6-12-24(20)23-18-29-31-30(19-23)34-28-16-15-22(21-10-3-2-4-11-21)17-26(28)32(31)25-13-7-8-14-27(25)33-29/h3-19H,1-2H3;2*2-19H,1H3. The highest BCUT2D eigenvalue weighted by atomic mass is 16.5.